The first-order chi connectivity index (χ1) is 10.2. The van der Waals surface area contributed by atoms with Crippen LogP contribution < -0.4 is 5.32 Å². The summed E-state index contributed by atoms with van der Waals surface area (Å²) >= 11 is 0. The fourth-order valence-corrected chi connectivity index (χ4v) is 3.03. The molecular formula is C17H21N3O. The highest BCUT2D eigenvalue weighted by Crippen LogP contribution is 2.30. The summed E-state index contributed by atoms with van der Waals surface area (Å²) in [4.78, 5) is 19.4. The highest BCUT2D eigenvalue weighted by atomic mass is 16.2. The van der Waals surface area contributed by atoms with Crippen LogP contribution in [0.25, 0.3) is 10.9 Å². The summed E-state index contributed by atoms with van der Waals surface area (Å²) in [7, 11) is 3.77. The third-order valence-electron chi connectivity index (χ3n) is 4.18. The van der Waals surface area contributed by atoms with Gasteiger partial charge in [0.2, 0.25) is 0 Å². The van der Waals surface area contributed by atoms with Crippen LogP contribution >= 0.6 is 0 Å². The Morgan fingerprint density at radius 1 is 1.33 bits per heavy atom. The van der Waals surface area contributed by atoms with Crippen LogP contribution in [0.1, 0.15) is 28.0 Å². The molecule has 1 heterocycles. The molecule has 21 heavy (non-hydrogen) atoms. The lowest BCUT2D eigenvalue weighted by atomic mass is 10.00. The number of hydrogen-bond donors (Lipinski definition) is 1. The van der Waals surface area contributed by atoms with Crippen molar-refractivity contribution < 1.29 is 4.79 Å². The molecule has 0 spiro atoms. The molecule has 1 aliphatic carbocycles. The highest BCUT2D eigenvalue weighted by molar-refractivity contribution is 6.07. The summed E-state index contributed by atoms with van der Waals surface area (Å²) < 4.78 is 0. The molecule has 2 aromatic rings. The Hall–Kier alpha value is -1.94. The van der Waals surface area contributed by atoms with Crippen molar-refractivity contribution in [2.75, 3.05) is 27.2 Å². The van der Waals surface area contributed by atoms with Gasteiger partial charge < -0.3 is 10.2 Å². The average molecular weight is 283 g/mol. The minimum absolute atomic E-state index is 0.113. The van der Waals surface area contributed by atoms with Crippen LogP contribution in [-0.4, -0.2) is 43.0 Å². The lowest BCUT2D eigenvalue weighted by Crippen LogP contribution is -2.33. The molecule has 0 aliphatic heterocycles. The highest BCUT2D eigenvalue weighted by Gasteiger charge is 2.25. The van der Waals surface area contributed by atoms with Gasteiger partial charge in [0, 0.05) is 31.2 Å². The molecule has 4 heteroatoms. The number of nitrogens with zero attached hydrogens (tertiary/aromatic N) is 2. The monoisotopic (exact) mass is 283 g/mol. The molecule has 3 rings (SSSR count). The van der Waals surface area contributed by atoms with Crippen molar-refractivity contribution >= 4 is 16.8 Å². The molecule has 0 bridgehead atoms. The Balaban J connectivity index is 2.10. The maximum Gasteiger partial charge on any atom is 0.254 e. The number of amides is 1. The van der Waals surface area contributed by atoms with E-state index in [1.807, 2.05) is 38.4 Å². The van der Waals surface area contributed by atoms with Crippen LogP contribution in [0.4, 0.5) is 0 Å². The predicted molar refractivity (Wildman–Crippen MR) is 84.7 cm³/mol. The summed E-state index contributed by atoms with van der Waals surface area (Å²) in [5, 5.41) is 4.07. The van der Waals surface area contributed by atoms with Crippen molar-refractivity contribution in [1.29, 1.82) is 0 Å². The Bertz CT molecular complexity index is 681. The molecule has 110 valence electrons. The third-order valence-corrected chi connectivity index (χ3v) is 4.18. The number of aromatic nitrogens is 1. The van der Waals surface area contributed by atoms with Crippen LogP contribution in [0, 0.1) is 0 Å². The zero-order valence-electron chi connectivity index (χ0n) is 12.6. The van der Waals surface area contributed by atoms with Crippen LogP contribution in [-0.2, 0) is 12.8 Å². The number of pyridine rings is 1. The van der Waals surface area contributed by atoms with Crippen LogP contribution in [0.2, 0.25) is 0 Å². The number of para-hydroxylation sites is 1. The largest absolute Gasteiger partial charge is 0.340 e. The van der Waals surface area contributed by atoms with Crippen LogP contribution in [0.15, 0.2) is 24.3 Å². The second-order valence-corrected chi connectivity index (χ2v) is 5.61. The zero-order chi connectivity index (χ0) is 14.8. The number of carbonyl (C=O) groups excluding carboxylic acids is 1. The Morgan fingerprint density at radius 3 is 2.95 bits per heavy atom. The smallest absolute Gasteiger partial charge is 0.254 e. The van der Waals surface area contributed by atoms with Crippen LogP contribution in [0.5, 0.6) is 0 Å². The maximum absolute atomic E-state index is 12.9. The first-order valence-electron chi connectivity index (χ1n) is 7.53. The molecule has 0 saturated heterocycles. The van der Waals surface area contributed by atoms with E-state index >= 15 is 0 Å². The minimum Gasteiger partial charge on any atom is -0.340 e. The van der Waals surface area contributed by atoms with Crippen molar-refractivity contribution in [3.8, 4) is 0 Å². The summed E-state index contributed by atoms with van der Waals surface area (Å²) in [6.45, 7) is 1.51. The Morgan fingerprint density at radius 2 is 2.14 bits per heavy atom. The summed E-state index contributed by atoms with van der Waals surface area (Å²) in [5.74, 6) is 0.113. The van der Waals surface area contributed by atoms with Gasteiger partial charge in [-0.2, -0.15) is 0 Å². The molecule has 1 amide bonds. The van der Waals surface area contributed by atoms with Gasteiger partial charge in [-0.15, -0.1) is 0 Å². The van der Waals surface area contributed by atoms with Crippen molar-refractivity contribution in [3.63, 3.8) is 0 Å². The predicted octanol–water partition coefficient (Wildman–Crippen LogP) is 2.01. The van der Waals surface area contributed by atoms with Crippen molar-refractivity contribution in [2.45, 2.75) is 19.3 Å². The van der Waals surface area contributed by atoms with Crippen molar-refractivity contribution in [1.82, 2.24) is 15.2 Å². The van der Waals surface area contributed by atoms with Gasteiger partial charge in [-0.25, -0.2) is 0 Å². The van der Waals surface area contributed by atoms with Gasteiger partial charge in [0.15, 0.2) is 0 Å². The molecule has 1 aromatic heterocycles. The molecule has 0 fully saturated rings. The van der Waals surface area contributed by atoms with Gasteiger partial charge in [-0.3, -0.25) is 9.78 Å². The quantitative estimate of drug-likeness (QED) is 0.933. The Kier molecular flexibility index (Phi) is 3.88. The van der Waals surface area contributed by atoms with Crippen LogP contribution in [0.3, 0.4) is 0 Å². The second kappa shape index (κ2) is 5.82. The van der Waals surface area contributed by atoms with Gasteiger partial charge in [0.1, 0.15) is 0 Å². The number of nitrogens with one attached hydrogen (secondary N) is 1. The standard InChI is InChI=1S/C17H21N3O/c1-18-10-11-20(2)17(21)16-12-6-3-4-8-14(12)19-15-9-5-7-13(15)16/h3-4,6,8,18H,5,7,9-11H2,1-2H3. The number of aryl methyl sites for hydroxylation is 1. The molecule has 4 nitrogen and oxygen atoms in total. The molecule has 0 atom stereocenters. The molecule has 1 aliphatic rings. The lowest BCUT2D eigenvalue weighted by Gasteiger charge is -2.20. The number of likely N-dealkylation sites (N-methyl/N-ethyl adjacent to an activating group) is 2. The number of hydrogen-bond acceptors (Lipinski definition) is 3. The van der Waals surface area contributed by atoms with E-state index in [4.69, 9.17) is 4.98 Å². The van der Waals surface area contributed by atoms with E-state index in [0.717, 1.165) is 53.5 Å². The van der Waals surface area contributed by atoms with E-state index in [0.29, 0.717) is 6.54 Å². The van der Waals surface area contributed by atoms with E-state index in [9.17, 15) is 4.79 Å². The second-order valence-electron chi connectivity index (χ2n) is 5.61. The van der Waals surface area contributed by atoms with E-state index < -0.39 is 0 Å². The number of fused-ring (bicyclic) bond motifs is 2. The van der Waals surface area contributed by atoms with E-state index in [1.54, 1.807) is 4.90 Å². The zero-order valence-corrected chi connectivity index (χ0v) is 12.6. The van der Waals surface area contributed by atoms with Crippen molar-refractivity contribution in [2.24, 2.45) is 0 Å². The van der Waals surface area contributed by atoms with E-state index in [2.05, 4.69) is 5.32 Å². The molecular weight excluding hydrogens is 262 g/mol. The first-order valence-corrected chi connectivity index (χ1v) is 7.53. The molecule has 1 N–H and O–H groups in total. The normalized spacial score (nSPS) is 13.4. The topological polar surface area (TPSA) is 45.2 Å². The summed E-state index contributed by atoms with van der Waals surface area (Å²) in [6, 6.07) is 7.98. The molecule has 0 radical (unpaired) electrons. The summed E-state index contributed by atoms with van der Waals surface area (Å²) in [6.07, 6.45) is 3.05. The minimum atomic E-state index is 0.113. The Labute approximate surface area is 125 Å². The molecule has 1 aromatic carbocycles. The van der Waals surface area contributed by atoms with E-state index in [-0.39, 0.29) is 5.91 Å². The van der Waals surface area contributed by atoms with Gasteiger partial charge in [0.25, 0.3) is 5.91 Å². The maximum atomic E-state index is 12.9. The fraction of sp³-hybridized carbons (Fsp3) is 0.412. The fourth-order valence-electron chi connectivity index (χ4n) is 3.03. The van der Waals surface area contributed by atoms with Gasteiger partial charge in [0.05, 0.1) is 11.1 Å². The SMILES string of the molecule is CNCCN(C)C(=O)c1c2c(nc3ccccc13)CCC2. The average Bonchev–Trinajstić information content (AvgIpc) is 2.97. The lowest BCUT2D eigenvalue weighted by molar-refractivity contribution is 0.0797. The number of benzene rings is 1. The number of carbonyl (C=O) groups is 1. The van der Waals surface area contributed by atoms with E-state index in [1.165, 1.54) is 0 Å². The van der Waals surface area contributed by atoms with Gasteiger partial charge >= 0.3 is 0 Å². The van der Waals surface area contributed by atoms with Gasteiger partial charge in [-0.05, 0) is 37.9 Å². The van der Waals surface area contributed by atoms with Crippen molar-refractivity contribution in [3.05, 3.63) is 41.1 Å². The first kappa shape index (κ1) is 14.0. The molecule has 0 unspecified atom stereocenters. The molecule has 0 saturated carbocycles. The summed E-state index contributed by atoms with van der Waals surface area (Å²) in [5.41, 5.74) is 4.07. The number of rotatable bonds is 4. The van der Waals surface area contributed by atoms with Gasteiger partial charge in [-0.1, -0.05) is 18.2 Å². The third kappa shape index (κ3) is 2.51.